The van der Waals surface area contributed by atoms with Crippen LogP contribution in [-0.4, -0.2) is 15.7 Å². The van der Waals surface area contributed by atoms with E-state index < -0.39 is 0 Å². The van der Waals surface area contributed by atoms with Gasteiger partial charge in [-0.2, -0.15) is 5.10 Å². The van der Waals surface area contributed by atoms with Crippen molar-refractivity contribution in [2.45, 2.75) is 26.8 Å². The number of benzene rings is 1. The van der Waals surface area contributed by atoms with Crippen LogP contribution in [0.5, 0.6) is 0 Å². The Kier molecular flexibility index (Phi) is 3.85. The molecule has 0 spiro atoms. The molecule has 0 unspecified atom stereocenters. The minimum atomic E-state index is -0.0268. The number of hydrogen-bond acceptors (Lipinski definition) is 3. The Morgan fingerprint density at radius 2 is 2.16 bits per heavy atom. The summed E-state index contributed by atoms with van der Waals surface area (Å²) in [6.07, 6.45) is 2.27. The van der Waals surface area contributed by atoms with E-state index in [0.29, 0.717) is 18.7 Å². The number of carbonyl (C=O) groups is 1. The number of anilines is 2. The van der Waals surface area contributed by atoms with Crippen molar-refractivity contribution in [3.8, 4) is 0 Å². The van der Waals surface area contributed by atoms with Crippen LogP contribution in [0.2, 0.25) is 0 Å². The zero-order valence-electron chi connectivity index (χ0n) is 11.2. The lowest BCUT2D eigenvalue weighted by Crippen LogP contribution is -2.15. The standard InChI is InChI=1S/C14H18N4O/c1-10-9-12(15)3-4-13(10)16-14(19)6-8-18-7-5-11(2)17-18/h3-5,7,9H,6,8,15H2,1-2H3,(H,16,19). The minimum absolute atomic E-state index is 0.0268. The fourth-order valence-electron chi connectivity index (χ4n) is 1.84. The lowest BCUT2D eigenvalue weighted by molar-refractivity contribution is -0.116. The van der Waals surface area contributed by atoms with Crippen molar-refractivity contribution in [3.63, 3.8) is 0 Å². The van der Waals surface area contributed by atoms with Crippen LogP contribution in [0.25, 0.3) is 0 Å². The van der Waals surface area contributed by atoms with Crippen molar-refractivity contribution in [1.29, 1.82) is 0 Å². The number of rotatable bonds is 4. The van der Waals surface area contributed by atoms with Crippen molar-refractivity contribution in [2.75, 3.05) is 11.1 Å². The van der Waals surface area contributed by atoms with Gasteiger partial charge in [-0.1, -0.05) is 0 Å². The van der Waals surface area contributed by atoms with Gasteiger partial charge in [-0.15, -0.1) is 0 Å². The van der Waals surface area contributed by atoms with Crippen molar-refractivity contribution in [1.82, 2.24) is 9.78 Å². The number of nitrogen functional groups attached to an aromatic ring is 1. The number of amides is 1. The number of aryl methyl sites for hydroxylation is 3. The highest BCUT2D eigenvalue weighted by molar-refractivity contribution is 5.91. The Bertz CT molecular complexity index is 589. The summed E-state index contributed by atoms with van der Waals surface area (Å²) in [4.78, 5) is 11.8. The average Bonchev–Trinajstić information content (AvgIpc) is 2.76. The Morgan fingerprint density at radius 1 is 1.37 bits per heavy atom. The quantitative estimate of drug-likeness (QED) is 0.825. The molecule has 0 aliphatic carbocycles. The molecule has 2 aromatic rings. The first-order chi connectivity index (χ1) is 9.04. The summed E-state index contributed by atoms with van der Waals surface area (Å²) in [5, 5.41) is 7.12. The Balaban J connectivity index is 1.90. The third kappa shape index (κ3) is 3.58. The smallest absolute Gasteiger partial charge is 0.226 e. The summed E-state index contributed by atoms with van der Waals surface area (Å²) < 4.78 is 1.77. The van der Waals surface area contributed by atoms with E-state index in [1.165, 1.54) is 0 Å². The summed E-state index contributed by atoms with van der Waals surface area (Å²) in [7, 11) is 0. The highest BCUT2D eigenvalue weighted by Crippen LogP contribution is 2.17. The molecule has 2 rings (SSSR count). The van der Waals surface area contributed by atoms with Gasteiger partial charge in [0.25, 0.3) is 0 Å². The molecule has 0 atom stereocenters. The van der Waals surface area contributed by atoms with E-state index in [-0.39, 0.29) is 5.91 Å². The van der Waals surface area contributed by atoms with E-state index in [9.17, 15) is 4.79 Å². The first-order valence-electron chi connectivity index (χ1n) is 6.20. The maximum absolute atomic E-state index is 11.8. The van der Waals surface area contributed by atoms with Gasteiger partial charge in [0.05, 0.1) is 5.69 Å². The lowest BCUT2D eigenvalue weighted by Gasteiger charge is -2.09. The molecule has 0 aliphatic rings. The van der Waals surface area contributed by atoms with Crippen molar-refractivity contribution in [3.05, 3.63) is 41.7 Å². The zero-order valence-corrected chi connectivity index (χ0v) is 11.2. The molecular weight excluding hydrogens is 240 g/mol. The molecule has 0 saturated heterocycles. The van der Waals surface area contributed by atoms with Crippen molar-refractivity contribution >= 4 is 17.3 Å². The molecule has 100 valence electrons. The lowest BCUT2D eigenvalue weighted by atomic mass is 10.2. The first kappa shape index (κ1) is 13.1. The topological polar surface area (TPSA) is 72.9 Å². The number of aromatic nitrogens is 2. The van der Waals surface area contributed by atoms with Gasteiger partial charge in [0, 0.05) is 30.5 Å². The van der Waals surface area contributed by atoms with Gasteiger partial charge in [0.15, 0.2) is 0 Å². The largest absolute Gasteiger partial charge is 0.399 e. The van der Waals surface area contributed by atoms with E-state index >= 15 is 0 Å². The van der Waals surface area contributed by atoms with E-state index in [4.69, 9.17) is 5.73 Å². The number of hydrogen-bond donors (Lipinski definition) is 2. The Labute approximate surface area is 112 Å². The van der Waals surface area contributed by atoms with Crippen LogP contribution in [0.3, 0.4) is 0 Å². The molecule has 19 heavy (non-hydrogen) atoms. The van der Waals surface area contributed by atoms with Gasteiger partial charge in [-0.05, 0) is 43.7 Å². The minimum Gasteiger partial charge on any atom is -0.399 e. The molecule has 1 aromatic carbocycles. The van der Waals surface area contributed by atoms with Gasteiger partial charge in [-0.25, -0.2) is 0 Å². The first-order valence-corrected chi connectivity index (χ1v) is 6.20. The summed E-state index contributed by atoms with van der Waals surface area (Å²) in [5.41, 5.74) is 9.08. The van der Waals surface area contributed by atoms with Gasteiger partial charge in [0.1, 0.15) is 0 Å². The van der Waals surface area contributed by atoms with Gasteiger partial charge in [-0.3, -0.25) is 9.48 Å². The maximum Gasteiger partial charge on any atom is 0.226 e. The molecule has 0 fully saturated rings. The number of nitrogens with zero attached hydrogens (tertiary/aromatic N) is 2. The highest BCUT2D eigenvalue weighted by atomic mass is 16.1. The highest BCUT2D eigenvalue weighted by Gasteiger charge is 2.05. The van der Waals surface area contributed by atoms with Crippen LogP contribution in [0.4, 0.5) is 11.4 Å². The molecule has 5 heteroatoms. The molecule has 0 bridgehead atoms. The van der Waals surface area contributed by atoms with Crippen LogP contribution < -0.4 is 11.1 Å². The van der Waals surface area contributed by atoms with Crippen LogP contribution in [-0.2, 0) is 11.3 Å². The van der Waals surface area contributed by atoms with Crippen molar-refractivity contribution in [2.24, 2.45) is 0 Å². The number of nitrogens with one attached hydrogen (secondary N) is 1. The molecule has 1 heterocycles. The third-order valence-electron chi connectivity index (χ3n) is 2.87. The van der Waals surface area contributed by atoms with Crippen molar-refractivity contribution < 1.29 is 4.79 Å². The van der Waals surface area contributed by atoms with Crippen LogP contribution >= 0.6 is 0 Å². The Morgan fingerprint density at radius 3 is 2.79 bits per heavy atom. The molecule has 3 N–H and O–H groups in total. The third-order valence-corrected chi connectivity index (χ3v) is 2.87. The van der Waals surface area contributed by atoms with E-state index in [2.05, 4.69) is 10.4 Å². The average molecular weight is 258 g/mol. The summed E-state index contributed by atoms with van der Waals surface area (Å²) in [6, 6.07) is 7.36. The number of nitrogens with two attached hydrogens (primary N) is 1. The Hall–Kier alpha value is -2.30. The summed E-state index contributed by atoms with van der Waals surface area (Å²) in [6.45, 7) is 4.42. The normalized spacial score (nSPS) is 10.4. The van der Waals surface area contributed by atoms with E-state index in [1.807, 2.05) is 38.2 Å². The molecule has 5 nitrogen and oxygen atoms in total. The predicted octanol–water partition coefficient (Wildman–Crippen LogP) is 2.11. The predicted molar refractivity (Wildman–Crippen MR) is 75.8 cm³/mol. The van der Waals surface area contributed by atoms with Crippen LogP contribution in [0, 0.1) is 13.8 Å². The van der Waals surface area contributed by atoms with E-state index in [0.717, 1.165) is 16.9 Å². The zero-order chi connectivity index (χ0) is 13.8. The molecule has 0 aliphatic heterocycles. The van der Waals surface area contributed by atoms with Crippen LogP contribution in [0.1, 0.15) is 17.7 Å². The summed E-state index contributed by atoms with van der Waals surface area (Å²) >= 11 is 0. The summed E-state index contributed by atoms with van der Waals surface area (Å²) in [5.74, 6) is -0.0268. The molecule has 1 aromatic heterocycles. The molecule has 1 amide bonds. The molecule has 0 radical (unpaired) electrons. The van der Waals surface area contributed by atoms with Gasteiger partial charge < -0.3 is 11.1 Å². The van der Waals surface area contributed by atoms with Gasteiger partial charge >= 0.3 is 0 Å². The monoisotopic (exact) mass is 258 g/mol. The van der Waals surface area contributed by atoms with Gasteiger partial charge in [0.2, 0.25) is 5.91 Å². The fourth-order valence-corrected chi connectivity index (χ4v) is 1.84. The second kappa shape index (κ2) is 5.56. The van der Waals surface area contributed by atoms with E-state index in [1.54, 1.807) is 10.7 Å². The SMILES string of the molecule is Cc1ccn(CCC(=O)Nc2ccc(N)cc2C)n1. The fraction of sp³-hybridized carbons (Fsp3) is 0.286. The molecule has 0 saturated carbocycles. The van der Waals surface area contributed by atoms with Crippen LogP contribution in [0.15, 0.2) is 30.5 Å². The molecular formula is C14H18N4O. The maximum atomic E-state index is 11.8. The second-order valence-corrected chi connectivity index (χ2v) is 4.59. The second-order valence-electron chi connectivity index (χ2n) is 4.59. The number of carbonyl (C=O) groups excluding carboxylic acids is 1.